The van der Waals surface area contributed by atoms with Crippen LogP contribution in [0.5, 0.6) is 0 Å². The van der Waals surface area contributed by atoms with Crippen LogP contribution < -0.4 is 0 Å². The molecule has 0 aliphatic carbocycles. The van der Waals surface area contributed by atoms with Crippen LogP contribution in [-0.4, -0.2) is 93.9 Å². The average molecular weight is 563 g/mol. The zero-order valence-electron chi connectivity index (χ0n) is 22.0. The predicted molar refractivity (Wildman–Crippen MR) is 131 cm³/mol. The molecule has 6 unspecified atom stereocenters. The molecular formula is C24H30N6O10. The van der Waals surface area contributed by atoms with Gasteiger partial charge in [-0.2, -0.15) is 0 Å². The van der Waals surface area contributed by atoms with Crippen LogP contribution in [0.15, 0.2) is 40.6 Å². The third-order valence-corrected chi connectivity index (χ3v) is 6.90. The highest BCUT2D eigenvalue weighted by Crippen LogP contribution is 2.41. The molecule has 0 spiro atoms. The lowest BCUT2D eigenvalue weighted by Crippen LogP contribution is -2.62. The van der Waals surface area contributed by atoms with Gasteiger partial charge in [-0.05, 0) is 24.9 Å². The van der Waals surface area contributed by atoms with Gasteiger partial charge in [-0.15, -0.1) is 0 Å². The Balaban J connectivity index is 1.34. The Kier molecular flexibility index (Phi) is 8.73. The molecule has 0 bridgehead atoms. The number of hydrogen-bond acceptors (Lipinski definition) is 12. The van der Waals surface area contributed by atoms with Crippen molar-refractivity contribution in [1.29, 1.82) is 0 Å². The van der Waals surface area contributed by atoms with Crippen LogP contribution in [0.4, 0.5) is 0 Å². The lowest BCUT2D eigenvalue weighted by atomic mass is 9.96. The molecule has 0 amide bonds. The maximum absolute atomic E-state index is 11.9. The van der Waals surface area contributed by atoms with E-state index in [2.05, 4.69) is 20.1 Å². The van der Waals surface area contributed by atoms with Gasteiger partial charge in [-0.3, -0.25) is 0 Å². The van der Waals surface area contributed by atoms with Gasteiger partial charge in [-0.25, -0.2) is 4.79 Å². The molecular weight excluding hydrogens is 532 g/mol. The Morgan fingerprint density at radius 1 is 1.02 bits per heavy atom. The van der Waals surface area contributed by atoms with Gasteiger partial charge in [0.2, 0.25) is 0 Å². The van der Waals surface area contributed by atoms with Gasteiger partial charge < -0.3 is 42.6 Å². The molecule has 4 aliphatic heterocycles. The van der Waals surface area contributed by atoms with E-state index in [9.17, 15) is 10.3 Å². The van der Waals surface area contributed by atoms with Crippen molar-refractivity contribution in [1.82, 2.24) is 0 Å². The van der Waals surface area contributed by atoms with Gasteiger partial charge in [0.25, 0.3) is 0 Å². The van der Waals surface area contributed by atoms with Crippen molar-refractivity contribution < 1.29 is 47.4 Å². The summed E-state index contributed by atoms with van der Waals surface area (Å²) in [6.07, 6.45) is -7.09. The van der Waals surface area contributed by atoms with Crippen LogP contribution in [0.2, 0.25) is 0 Å². The molecule has 10 atom stereocenters. The number of hydrogen-bond donors (Lipinski definition) is 0. The first kappa shape index (κ1) is 28.5. The van der Waals surface area contributed by atoms with Crippen molar-refractivity contribution in [2.75, 3.05) is 26.9 Å². The second-order valence-corrected chi connectivity index (χ2v) is 9.93. The SMILES string of the molecule is COC(=O)CO[C@@H]1C(N=[N+]=[N-])C(OC[C@H]2OC(N=[N+]=[N-])C3OC(C)(C)O[C@@H]32)OC2COC(c3ccccc3)O[C@@H]21. The summed E-state index contributed by atoms with van der Waals surface area (Å²) in [5.74, 6) is -1.54. The molecule has 5 rings (SSSR count). The van der Waals surface area contributed by atoms with E-state index >= 15 is 0 Å². The van der Waals surface area contributed by atoms with Gasteiger partial charge in [0, 0.05) is 15.4 Å². The quantitative estimate of drug-likeness (QED) is 0.187. The van der Waals surface area contributed by atoms with Gasteiger partial charge in [-0.1, -0.05) is 40.6 Å². The molecule has 4 fully saturated rings. The summed E-state index contributed by atoms with van der Waals surface area (Å²) in [5.41, 5.74) is 19.1. The highest BCUT2D eigenvalue weighted by Gasteiger charge is 2.56. The zero-order valence-corrected chi connectivity index (χ0v) is 22.0. The maximum Gasteiger partial charge on any atom is 0.331 e. The molecule has 1 aromatic rings. The third-order valence-electron chi connectivity index (χ3n) is 6.90. The first-order valence-corrected chi connectivity index (χ1v) is 12.7. The molecule has 4 aliphatic rings. The molecule has 1 aromatic carbocycles. The van der Waals surface area contributed by atoms with Crippen LogP contribution in [0.25, 0.3) is 20.9 Å². The summed E-state index contributed by atoms with van der Waals surface area (Å²) < 4.78 is 52.6. The number of carbonyl (C=O) groups excluding carboxylic acids is 1. The van der Waals surface area contributed by atoms with Crippen LogP contribution in [-0.2, 0) is 47.4 Å². The van der Waals surface area contributed by atoms with Crippen LogP contribution in [0.3, 0.4) is 0 Å². The molecule has 40 heavy (non-hydrogen) atoms. The zero-order chi connectivity index (χ0) is 28.3. The summed E-state index contributed by atoms with van der Waals surface area (Å²) in [7, 11) is 1.24. The first-order valence-electron chi connectivity index (χ1n) is 12.7. The number of nitrogens with zero attached hydrogens (tertiary/aromatic N) is 6. The average Bonchev–Trinajstić information content (AvgIpc) is 3.44. The Hall–Kier alpha value is -3.01. The Morgan fingerprint density at radius 2 is 1.77 bits per heavy atom. The molecule has 216 valence electrons. The van der Waals surface area contributed by atoms with Crippen molar-refractivity contribution in [3.8, 4) is 0 Å². The number of esters is 1. The standard InChI is InChI=1S/C24H30N6O10/c1-24(2)39-18-14(36-21(28-30-26)20(18)40-24)10-35-23-16(27-29-25)19(33-11-15(31)32-3)17-13(37-23)9-34-22(38-17)12-7-5-4-6-8-12/h4-8,13-14,16-23H,9-11H2,1-3H3/t13?,14-,16?,17+,18-,19-,20?,21?,22?,23?/m1/s1. The van der Waals surface area contributed by atoms with Gasteiger partial charge in [0.15, 0.2) is 24.6 Å². The topological polar surface area (TPSA) is 198 Å². The number of rotatable bonds is 9. The summed E-state index contributed by atoms with van der Waals surface area (Å²) in [6.45, 7) is 3.09. The maximum atomic E-state index is 11.9. The molecule has 4 saturated heterocycles. The number of azide groups is 2. The highest BCUT2D eigenvalue weighted by atomic mass is 16.8. The van der Waals surface area contributed by atoms with E-state index in [1.165, 1.54) is 7.11 Å². The highest BCUT2D eigenvalue weighted by molar-refractivity contribution is 5.70. The van der Waals surface area contributed by atoms with Crippen LogP contribution >= 0.6 is 0 Å². The van der Waals surface area contributed by atoms with E-state index in [4.69, 9.17) is 48.2 Å². The summed E-state index contributed by atoms with van der Waals surface area (Å²) in [6, 6.07) is 8.22. The Bertz CT molecular complexity index is 1150. The fourth-order valence-electron chi connectivity index (χ4n) is 5.20. The predicted octanol–water partition coefficient (Wildman–Crippen LogP) is 2.63. The van der Waals surface area contributed by atoms with E-state index in [0.717, 1.165) is 5.56 Å². The summed E-state index contributed by atoms with van der Waals surface area (Å²) >= 11 is 0. The fourth-order valence-corrected chi connectivity index (χ4v) is 5.20. The third kappa shape index (κ3) is 6.01. The number of carbonyl (C=O) groups is 1. The second-order valence-electron chi connectivity index (χ2n) is 9.93. The number of fused-ring (bicyclic) bond motifs is 2. The summed E-state index contributed by atoms with van der Waals surface area (Å²) in [4.78, 5) is 17.7. The molecule has 16 heteroatoms. The van der Waals surface area contributed by atoms with Crippen molar-refractivity contribution >= 4 is 5.97 Å². The lowest BCUT2D eigenvalue weighted by Gasteiger charge is -2.48. The summed E-state index contributed by atoms with van der Waals surface area (Å²) in [5, 5.41) is 7.56. The minimum atomic E-state index is -1.13. The Labute approximate surface area is 228 Å². The molecule has 4 heterocycles. The van der Waals surface area contributed by atoms with Crippen molar-refractivity contribution in [3.63, 3.8) is 0 Å². The first-order chi connectivity index (χ1) is 19.3. The second kappa shape index (κ2) is 12.2. The number of ether oxygens (including phenoxy) is 9. The molecule has 16 nitrogen and oxygen atoms in total. The van der Waals surface area contributed by atoms with E-state index in [1.54, 1.807) is 13.8 Å². The monoisotopic (exact) mass is 562 g/mol. The normalized spacial score (nSPS) is 37.9. The lowest BCUT2D eigenvalue weighted by molar-refractivity contribution is -0.347. The Morgan fingerprint density at radius 3 is 2.50 bits per heavy atom. The van der Waals surface area contributed by atoms with Crippen LogP contribution in [0.1, 0.15) is 25.7 Å². The molecule has 0 saturated carbocycles. The number of methoxy groups -OCH3 is 1. The van der Waals surface area contributed by atoms with Crippen molar-refractivity contribution in [3.05, 3.63) is 56.8 Å². The minimum Gasteiger partial charge on any atom is -0.467 e. The van der Waals surface area contributed by atoms with Crippen molar-refractivity contribution in [2.24, 2.45) is 10.2 Å². The van der Waals surface area contributed by atoms with E-state index in [0.29, 0.717) is 0 Å². The fraction of sp³-hybridized carbons (Fsp3) is 0.708. The number of benzene rings is 1. The van der Waals surface area contributed by atoms with Gasteiger partial charge >= 0.3 is 5.97 Å². The largest absolute Gasteiger partial charge is 0.467 e. The minimum absolute atomic E-state index is 0.0877. The van der Waals surface area contributed by atoms with E-state index in [1.807, 2.05) is 30.3 Å². The molecule has 0 N–H and O–H groups in total. The van der Waals surface area contributed by atoms with Crippen molar-refractivity contribution in [2.45, 2.75) is 81.1 Å². The smallest absolute Gasteiger partial charge is 0.331 e. The molecule has 0 aromatic heterocycles. The van der Waals surface area contributed by atoms with E-state index < -0.39 is 79.8 Å². The molecule has 0 radical (unpaired) electrons. The van der Waals surface area contributed by atoms with Crippen LogP contribution in [0, 0.1) is 0 Å². The van der Waals surface area contributed by atoms with Gasteiger partial charge in [0.1, 0.15) is 49.3 Å². The van der Waals surface area contributed by atoms with E-state index in [-0.39, 0.29) is 13.2 Å². The van der Waals surface area contributed by atoms with Gasteiger partial charge in [0.05, 0.1) is 20.3 Å².